The number of hydrogen-bond acceptors (Lipinski definition) is 3. The van der Waals surface area contributed by atoms with Crippen molar-refractivity contribution in [3.63, 3.8) is 0 Å². The number of methoxy groups -OCH3 is 1. The normalized spacial score (nSPS) is 15.0. The summed E-state index contributed by atoms with van der Waals surface area (Å²) < 4.78 is 35.2. The highest BCUT2D eigenvalue weighted by Crippen LogP contribution is 2.33. The van der Waals surface area contributed by atoms with Gasteiger partial charge < -0.3 is 19.3 Å². The van der Waals surface area contributed by atoms with Gasteiger partial charge in [0.2, 0.25) is 5.91 Å². The molecule has 1 N–H and O–H groups in total. The molecule has 30 heavy (non-hydrogen) atoms. The van der Waals surface area contributed by atoms with Gasteiger partial charge in [-0.1, -0.05) is 36.4 Å². The first-order valence-corrected chi connectivity index (χ1v) is 9.95. The van der Waals surface area contributed by atoms with Crippen LogP contribution in [0.2, 0.25) is 0 Å². The molecule has 1 aliphatic rings. The molecule has 1 saturated heterocycles. The summed E-state index contributed by atoms with van der Waals surface area (Å²) in [6.07, 6.45) is 2.90. The van der Waals surface area contributed by atoms with Crippen LogP contribution in [0.5, 0.6) is 11.5 Å². The lowest BCUT2D eigenvalue weighted by Crippen LogP contribution is -3.13. The number of benzene rings is 2. The van der Waals surface area contributed by atoms with Gasteiger partial charge in [-0.05, 0) is 24.6 Å². The fourth-order valence-electron chi connectivity index (χ4n) is 3.60. The number of halogens is 2. The van der Waals surface area contributed by atoms with Gasteiger partial charge in [-0.3, -0.25) is 4.79 Å². The van der Waals surface area contributed by atoms with Gasteiger partial charge in [0.1, 0.15) is 6.54 Å². The third-order valence-electron chi connectivity index (χ3n) is 5.33. The summed E-state index contributed by atoms with van der Waals surface area (Å²) in [6, 6.07) is 13.2. The Balaban J connectivity index is 1.60. The van der Waals surface area contributed by atoms with Crippen LogP contribution in [0, 0.1) is 6.92 Å². The molecule has 1 fully saturated rings. The third kappa shape index (κ3) is 5.57. The number of para-hydroxylation sites is 1. The molecule has 0 unspecified atom stereocenters. The van der Waals surface area contributed by atoms with Gasteiger partial charge in [0.25, 0.3) is 0 Å². The minimum absolute atomic E-state index is 0.0773. The summed E-state index contributed by atoms with van der Waals surface area (Å²) in [5.74, 6) is -0.0272. The summed E-state index contributed by atoms with van der Waals surface area (Å²) in [4.78, 5) is 15.8. The molecule has 0 radical (unpaired) electrons. The molecule has 5 nitrogen and oxygen atoms in total. The fraction of sp³-hybridized carbons (Fsp3) is 0.348. The van der Waals surface area contributed by atoms with E-state index < -0.39 is 6.61 Å². The second-order valence-corrected chi connectivity index (χ2v) is 7.27. The lowest BCUT2D eigenvalue weighted by Gasteiger charge is -2.32. The van der Waals surface area contributed by atoms with Crippen molar-refractivity contribution in [1.82, 2.24) is 4.90 Å². The van der Waals surface area contributed by atoms with Crippen LogP contribution in [0.15, 0.2) is 48.5 Å². The van der Waals surface area contributed by atoms with E-state index in [-0.39, 0.29) is 17.4 Å². The van der Waals surface area contributed by atoms with Gasteiger partial charge in [-0.15, -0.1) is 0 Å². The van der Waals surface area contributed by atoms with Gasteiger partial charge in [0.05, 0.1) is 33.3 Å². The predicted molar refractivity (Wildman–Crippen MR) is 111 cm³/mol. The SMILES string of the molecule is COc1cccc(/C=C/C(=O)N2CC[NH+](Cc3ccccc3C)CC2)c1OC(F)F. The van der Waals surface area contributed by atoms with E-state index in [1.54, 1.807) is 17.0 Å². The van der Waals surface area contributed by atoms with Gasteiger partial charge in [-0.25, -0.2) is 0 Å². The molecule has 1 heterocycles. The number of ether oxygens (including phenoxy) is 2. The van der Waals surface area contributed by atoms with Gasteiger partial charge in [-0.2, -0.15) is 8.78 Å². The van der Waals surface area contributed by atoms with Crippen LogP contribution in [0.4, 0.5) is 8.78 Å². The summed E-state index contributed by atoms with van der Waals surface area (Å²) in [7, 11) is 1.38. The average Bonchev–Trinajstić information content (AvgIpc) is 2.74. The van der Waals surface area contributed by atoms with E-state index in [2.05, 4.69) is 29.9 Å². The highest BCUT2D eigenvalue weighted by molar-refractivity contribution is 5.92. The van der Waals surface area contributed by atoms with Crippen molar-refractivity contribution in [2.75, 3.05) is 33.3 Å². The molecule has 1 aliphatic heterocycles. The molecule has 1 amide bonds. The average molecular weight is 417 g/mol. The minimum atomic E-state index is -2.98. The Kier molecular flexibility index (Phi) is 7.41. The van der Waals surface area contributed by atoms with Crippen molar-refractivity contribution < 1.29 is 27.9 Å². The van der Waals surface area contributed by atoms with Crippen LogP contribution in [0.3, 0.4) is 0 Å². The van der Waals surface area contributed by atoms with Crippen LogP contribution < -0.4 is 14.4 Å². The van der Waals surface area contributed by atoms with Gasteiger partial charge in [0, 0.05) is 17.2 Å². The van der Waals surface area contributed by atoms with Crippen LogP contribution in [-0.4, -0.2) is 50.7 Å². The first-order chi connectivity index (χ1) is 14.5. The first kappa shape index (κ1) is 21.8. The number of carbonyl (C=O) groups is 1. The lowest BCUT2D eigenvalue weighted by molar-refractivity contribution is -0.917. The number of carbonyl (C=O) groups excluding carboxylic acids is 1. The van der Waals surface area contributed by atoms with E-state index in [4.69, 9.17) is 4.74 Å². The Labute approximate surface area is 175 Å². The van der Waals surface area contributed by atoms with E-state index in [1.165, 1.54) is 41.4 Å². The highest BCUT2D eigenvalue weighted by atomic mass is 19.3. The maximum atomic E-state index is 12.7. The highest BCUT2D eigenvalue weighted by Gasteiger charge is 2.23. The number of quaternary nitrogens is 1. The van der Waals surface area contributed by atoms with Gasteiger partial charge >= 0.3 is 6.61 Å². The maximum absolute atomic E-state index is 12.7. The number of hydrogen-bond donors (Lipinski definition) is 1. The molecule has 2 aromatic carbocycles. The van der Waals surface area contributed by atoms with E-state index in [0.717, 1.165) is 19.6 Å². The number of alkyl halides is 2. The number of aryl methyl sites for hydroxylation is 1. The fourth-order valence-corrected chi connectivity index (χ4v) is 3.60. The molecule has 3 rings (SSSR count). The summed E-state index contributed by atoms with van der Waals surface area (Å²) >= 11 is 0. The van der Waals surface area contributed by atoms with Crippen LogP contribution in [0.1, 0.15) is 16.7 Å². The number of nitrogens with zero attached hydrogens (tertiary/aromatic N) is 1. The van der Waals surface area contributed by atoms with E-state index in [0.29, 0.717) is 18.7 Å². The van der Waals surface area contributed by atoms with Crippen LogP contribution in [-0.2, 0) is 11.3 Å². The Morgan fingerprint density at radius 1 is 1.17 bits per heavy atom. The predicted octanol–water partition coefficient (Wildman–Crippen LogP) is 2.55. The molecule has 0 saturated carbocycles. The smallest absolute Gasteiger partial charge is 0.387 e. The van der Waals surface area contributed by atoms with Gasteiger partial charge in [0.15, 0.2) is 11.5 Å². The Hall–Kier alpha value is -2.93. The first-order valence-electron chi connectivity index (χ1n) is 9.95. The molecule has 0 spiro atoms. The van der Waals surface area contributed by atoms with Crippen LogP contribution in [0.25, 0.3) is 6.08 Å². The van der Waals surface area contributed by atoms with Crippen molar-refractivity contribution in [2.24, 2.45) is 0 Å². The second-order valence-electron chi connectivity index (χ2n) is 7.27. The standard InChI is InChI=1S/C23H26F2N2O3/c1-17-6-3-4-7-19(17)16-26-12-14-27(15-13-26)21(28)11-10-18-8-5-9-20(29-2)22(18)30-23(24)25/h3-11,23H,12-16H2,1-2H3/p+1/b11-10+. The van der Waals surface area contributed by atoms with Crippen molar-refractivity contribution in [3.05, 3.63) is 65.2 Å². The molecule has 0 aliphatic carbocycles. The zero-order chi connectivity index (χ0) is 21.5. The molecule has 7 heteroatoms. The summed E-state index contributed by atoms with van der Waals surface area (Å²) in [6.45, 7) is 3.13. The Morgan fingerprint density at radius 3 is 2.57 bits per heavy atom. The quantitative estimate of drug-likeness (QED) is 0.705. The summed E-state index contributed by atoms with van der Waals surface area (Å²) in [5.41, 5.74) is 2.98. The largest absolute Gasteiger partial charge is 0.493 e. The lowest BCUT2D eigenvalue weighted by atomic mass is 10.1. The summed E-state index contributed by atoms with van der Waals surface area (Å²) in [5, 5.41) is 0. The minimum Gasteiger partial charge on any atom is -0.493 e. The maximum Gasteiger partial charge on any atom is 0.387 e. The van der Waals surface area contributed by atoms with E-state index in [9.17, 15) is 13.6 Å². The molecular weight excluding hydrogens is 390 g/mol. The Bertz CT molecular complexity index is 894. The van der Waals surface area contributed by atoms with Crippen LogP contribution >= 0.6 is 0 Å². The topological polar surface area (TPSA) is 43.2 Å². The van der Waals surface area contributed by atoms with E-state index >= 15 is 0 Å². The molecule has 0 aromatic heterocycles. The Morgan fingerprint density at radius 2 is 1.90 bits per heavy atom. The third-order valence-corrected chi connectivity index (χ3v) is 5.33. The molecule has 0 bridgehead atoms. The monoisotopic (exact) mass is 417 g/mol. The number of nitrogens with one attached hydrogen (secondary N) is 1. The second kappa shape index (κ2) is 10.2. The zero-order valence-corrected chi connectivity index (χ0v) is 17.2. The molecule has 160 valence electrons. The zero-order valence-electron chi connectivity index (χ0n) is 17.2. The van der Waals surface area contributed by atoms with Crippen molar-refractivity contribution in [3.8, 4) is 11.5 Å². The number of amides is 1. The number of rotatable bonds is 7. The van der Waals surface area contributed by atoms with Crippen molar-refractivity contribution >= 4 is 12.0 Å². The number of piperazine rings is 1. The van der Waals surface area contributed by atoms with Crippen molar-refractivity contribution in [1.29, 1.82) is 0 Å². The molecular formula is C23H27F2N2O3+. The van der Waals surface area contributed by atoms with E-state index in [1.807, 2.05) is 6.07 Å². The molecule has 2 aromatic rings. The molecule has 0 atom stereocenters. The van der Waals surface area contributed by atoms with Crippen molar-refractivity contribution in [2.45, 2.75) is 20.1 Å².